The predicted octanol–water partition coefficient (Wildman–Crippen LogP) is 4.16. The van der Waals surface area contributed by atoms with E-state index in [4.69, 9.17) is 4.74 Å². The van der Waals surface area contributed by atoms with Crippen LogP contribution in [0.1, 0.15) is 11.4 Å². The van der Waals surface area contributed by atoms with E-state index in [0.717, 1.165) is 27.9 Å². The average Bonchev–Trinajstić information content (AvgIpc) is 2.73. The van der Waals surface area contributed by atoms with Crippen molar-refractivity contribution in [2.75, 3.05) is 12.4 Å². The quantitative estimate of drug-likeness (QED) is 0.565. The lowest BCUT2D eigenvalue weighted by Gasteiger charge is -2.12. The van der Waals surface area contributed by atoms with Crippen LogP contribution < -0.4 is 10.1 Å². The van der Waals surface area contributed by atoms with Crippen LogP contribution in [0.4, 0.5) is 10.2 Å². The third kappa shape index (κ3) is 3.59. The van der Waals surface area contributed by atoms with Gasteiger partial charge in [-0.3, -0.25) is 0 Å². The standard InChI is InChI=1S/C21H18FN5O/c1-13-3-8-17(27-26-13)11-23-21-18-9-15(14-4-6-16(22)7-5-14)10-19(28-2)20(18)24-12-25-21/h3-10,12H,11H2,1-2H3,(H,23,24,25). The van der Waals surface area contributed by atoms with Gasteiger partial charge in [-0.05, 0) is 54.4 Å². The highest BCUT2D eigenvalue weighted by molar-refractivity contribution is 5.96. The van der Waals surface area contributed by atoms with Crippen LogP contribution in [-0.2, 0) is 6.54 Å². The van der Waals surface area contributed by atoms with Gasteiger partial charge in [0.05, 0.1) is 25.0 Å². The van der Waals surface area contributed by atoms with Crippen LogP contribution in [0.2, 0.25) is 0 Å². The molecular formula is C21H18FN5O. The second-order valence-corrected chi connectivity index (χ2v) is 6.32. The van der Waals surface area contributed by atoms with Crippen LogP contribution in [0.25, 0.3) is 22.0 Å². The first-order valence-corrected chi connectivity index (χ1v) is 8.76. The van der Waals surface area contributed by atoms with E-state index in [9.17, 15) is 4.39 Å². The molecule has 0 spiro atoms. The van der Waals surface area contributed by atoms with Gasteiger partial charge in [0.15, 0.2) is 0 Å². The first kappa shape index (κ1) is 17.8. The fourth-order valence-corrected chi connectivity index (χ4v) is 2.94. The highest BCUT2D eigenvalue weighted by Gasteiger charge is 2.12. The molecule has 4 rings (SSSR count). The van der Waals surface area contributed by atoms with Crippen molar-refractivity contribution in [2.45, 2.75) is 13.5 Å². The molecule has 0 saturated heterocycles. The van der Waals surface area contributed by atoms with Crippen molar-refractivity contribution < 1.29 is 9.13 Å². The lowest BCUT2D eigenvalue weighted by Crippen LogP contribution is -2.05. The molecule has 7 heteroatoms. The summed E-state index contributed by atoms with van der Waals surface area (Å²) in [6.07, 6.45) is 1.49. The van der Waals surface area contributed by atoms with E-state index in [-0.39, 0.29) is 5.82 Å². The molecule has 0 atom stereocenters. The number of benzene rings is 2. The molecule has 2 aromatic heterocycles. The van der Waals surface area contributed by atoms with E-state index >= 15 is 0 Å². The number of anilines is 1. The molecule has 0 aliphatic carbocycles. The minimum Gasteiger partial charge on any atom is -0.494 e. The number of halogens is 1. The molecule has 6 nitrogen and oxygen atoms in total. The Bertz CT molecular complexity index is 1110. The molecule has 0 unspecified atom stereocenters. The summed E-state index contributed by atoms with van der Waals surface area (Å²) >= 11 is 0. The summed E-state index contributed by atoms with van der Waals surface area (Å²) in [4.78, 5) is 8.74. The van der Waals surface area contributed by atoms with Crippen molar-refractivity contribution in [3.8, 4) is 16.9 Å². The zero-order valence-electron chi connectivity index (χ0n) is 15.5. The second-order valence-electron chi connectivity index (χ2n) is 6.32. The number of aryl methyl sites for hydroxylation is 1. The van der Waals surface area contributed by atoms with E-state index in [2.05, 4.69) is 25.5 Å². The van der Waals surface area contributed by atoms with Crippen molar-refractivity contribution >= 4 is 16.7 Å². The lowest BCUT2D eigenvalue weighted by molar-refractivity contribution is 0.419. The third-order valence-electron chi connectivity index (χ3n) is 4.39. The third-order valence-corrected chi connectivity index (χ3v) is 4.39. The second kappa shape index (κ2) is 7.56. The van der Waals surface area contributed by atoms with Gasteiger partial charge in [-0.1, -0.05) is 12.1 Å². The molecule has 2 heterocycles. The summed E-state index contributed by atoms with van der Waals surface area (Å²) in [7, 11) is 1.60. The summed E-state index contributed by atoms with van der Waals surface area (Å²) < 4.78 is 18.8. The summed E-state index contributed by atoms with van der Waals surface area (Å²) in [5.74, 6) is 1.01. The minimum atomic E-state index is -0.276. The number of aromatic nitrogens is 4. The summed E-state index contributed by atoms with van der Waals surface area (Å²) in [6, 6.07) is 14.0. The number of nitrogens with one attached hydrogen (secondary N) is 1. The molecule has 2 aromatic carbocycles. The Morgan fingerprint density at radius 3 is 2.50 bits per heavy atom. The molecule has 0 saturated carbocycles. The van der Waals surface area contributed by atoms with E-state index in [1.54, 1.807) is 19.2 Å². The number of fused-ring (bicyclic) bond motifs is 1. The number of nitrogens with zero attached hydrogens (tertiary/aromatic N) is 4. The number of ether oxygens (including phenoxy) is 1. The SMILES string of the molecule is COc1cc(-c2ccc(F)cc2)cc2c(NCc3ccc(C)nn3)ncnc12. The van der Waals surface area contributed by atoms with Crippen molar-refractivity contribution in [1.29, 1.82) is 0 Å². The van der Waals surface area contributed by atoms with E-state index in [1.165, 1.54) is 18.5 Å². The fourth-order valence-electron chi connectivity index (χ4n) is 2.94. The predicted molar refractivity (Wildman–Crippen MR) is 106 cm³/mol. The molecule has 0 bridgehead atoms. The zero-order valence-corrected chi connectivity index (χ0v) is 15.5. The molecule has 0 aliphatic heterocycles. The van der Waals surface area contributed by atoms with Crippen molar-refractivity contribution in [3.05, 3.63) is 72.1 Å². The summed E-state index contributed by atoms with van der Waals surface area (Å²) in [5, 5.41) is 12.3. The van der Waals surface area contributed by atoms with Crippen LogP contribution in [0, 0.1) is 12.7 Å². The van der Waals surface area contributed by atoms with Gasteiger partial charge < -0.3 is 10.1 Å². The van der Waals surface area contributed by atoms with Crippen molar-refractivity contribution in [2.24, 2.45) is 0 Å². The average molecular weight is 375 g/mol. The Labute approximate surface area is 161 Å². The topological polar surface area (TPSA) is 72.8 Å². The van der Waals surface area contributed by atoms with Gasteiger partial charge in [-0.25, -0.2) is 14.4 Å². The van der Waals surface area contributed by atoms with Gasteiger partial charge >= 0.3 is 0 Å². The van der Waals surface area contributed by atoms with Gasteiger partial charge in [-0.2, -0.15) is 10.2 Å². The molecule has 4 aromatic rings. The molecule has 0 radical (unpaired) electrons. The highest BCUT2D eigenvalue weighted by atomic mass is 19.1. The van der Waals surface area contributed by atoms with Gasteiger partial charge in [0.25, 0.3) is 0 Å². The maximum Gasteiger partial charge on any atom is 0.145 e. The maximum atomic E-state index is 13.3. The molecule has 0 fully saturated rings. The zero-order chi connectivity index (χ0) is 19.5. The normalized spacial score (nSPS) is 10.8. The van der Waals surface area contributed by atoms with E-state index in [0.29, 0.717) is 23.6 Å². The number of methoxy groups -OCH3 is 1. The van der Waals surface area contributed by atoms with Gasteiger partial charge in [0.1, 0.15) is 29.2 Å². The van der Waals surface area contributed by atoms with Crippen LogP contribution in [-0.4, -0.2) is 27.3 Å². The monoisotopic (exact) mass is 375 g/mol. The number of hydrogen-bond donors (Lipinski definition) is 1. The molecule has 0 amide bonds. The van der Waals surface area contributed by atoms with E-state index < -0.39 is 0 Å². The molecule has 28 heavy (non-hydrogen) atoms. The highest BCUT2D eigenvalue weighted by Crippen LogP contribution is 2.34. The maximum absolute atomic E-state index is 13.3. The Balaban J connectivity index is 1.75. The Hall–Kier alpha value is -3.61. The Kier molecular flexibility index (Phi) is 4.80. The molecular weight excluding hydrogens is 357 g/mol. The van der Waals surface area contributed by atoms with Crippen LogP contribution >= 0.6 is 0 Å². The number of hydrogen-bond acceptors (Lipinski definition) is 6. The van der Waals surface area contributed by atoms with Crippen molar-refractivity contribution in [1.82, 2.24) is 20.2 Å². The van der Waals surface area contributed by atoms with Crippen molar-refractivity contribution in [3.63, 3.8) is 0 Å². The first-order valence-electron chi connectivity index (χ1n) is 8.76. The molecule has 140 valence electrons. The minimum absolute atomic E-state index is 0.276. The Morgan fingerprint density at radius 1 is 0.964 bits per heavy atom. The smallest absolute Gasteiger partial charge is 0.145 e. The first-order chi connectivity index (χ1) is 13.6. The van der Waals surface area contributed by atoms with Crippen LogP contribution in [0.15, 0.2) is 54.9 Å². The number of rotatable bonds is 5. The van der Waals surface area contributed by atoms with Gasteiger partial charge in [0.2, 0.25) is 0 Å². The van der Waals surface area contributed by atoms with Crippen LogP contribution in [0.5, 0.6) is 5.75 Å². The fraction of sp³-hybridized carbons (Fsp3) is 0.143. The van der Waals surface area contributed by atoms with Gasteiger partial charge in [0, 0.05) is 5.39 Å². The molecule has 0 aliphatic rings. The Morgan fingerprint density at radius 2 is 1.79 bits per heavy atom. The largest absolute Gasteiger partial charge is 0.494 e. The summed E-state index contributed by atoms with van der Waals surface area (Å²) in [6.45, 7) is 2.37. The summed E-state index contributed by atoms with van der Waals surface area (Å²) in [5.41, 5.74) is 4.13. The van der Waals surface area contributed by atoms with Gasteiger partial charge in [-0.15, -0.1) is 0 Å². The van der Waals surface area contributed by atoms with E-state index in [1.807, 2.05) is 31.2 Å². The molecule has 1 N–H and O–H groups in total. The lowest BCUT2D eigenvalue weighted by atomic mass is 10.0. The van der Waals surface area contributed by atoms with Crippen LogP contribution in [0.3, 0.4) is 0 Å².